The molecular formula is C15H22N2O3. The highest BCUT2D eigenvalue weighted by atomic mass is 16.5. The first-order chi connectivity index (χ1) is 9.39. The summed E-state index contributed by atoms with van der Waals surface area (Å²) >= 11 is 0. The zero-order chi connectivity index (χ0) is 15.2. The molecule has 5 nitrogen and oxygen atoms in total. The number of nitriles is 1. The minimum absolute atomic E-state index is 0.0152. The van der Waals surface area contributed by atoms with Crippen LogP contribution in [-0.4, -0.2) is 53.6 Å². The molecule has 2 N–H and O–H groups in total. The van der Waals surface area contributed by atoms with Crippen LogP contribution in [0.5, 0.6) is 5.75 Å². The van der Waals surface area contributed by atoms with Crippen LogP contribution >= 0.6 is 0 Å². The van der Waals surface area contributed by atoms with Crippen molar-refractivity contribution in [3.8, 4) is 11.8 Å². The van der Waals surface area contributed by atoms with Crippen LogP contribution in [-0.2, 0) is 0 Å². The molecule has 0 heterocycles. The number of nitrogens with zero attached hydrogens (tertiary/aromatic N) is 2. The van der Waals surface area contributed by atoms with Crippen molar-refractivity contribution in [1.29, 1.82) is 5.26 Å². The van der Waals surface area contributed by atoms with Gasteiger partial charge in [-0.3, -0.25) is 4.90 Å². The second-order valence-electron chi connectivity index (χ2n) is 5.46. The standard InChI is InChI=1S/C15H22N2O3/c1-15(2,11-18)17(3)9-13(19)10-20-14-6-4-5-12(7-14)8-16/h4-7,13,18-19H,9-11H2,1-3H3. The fourth-order valence-electron chi connectivity index (χ4n) is 1.58. The Morgan fingerprint density at radius 2 is 2.15 bits per heavy atom. The van der Waals surface area contributed by atoms with Gasteiger partial charge in [0.05, 0.1) is 18.2 Å². The lowest BCUT2D eigenvalue weighted by atomic mass is 10.0. The monoisotopic (exact) mass is 278 g/mol. The number of benzene rings is 1. The molecule has 1 aromatic carbocycles. The van der Waals surface area contributed by atoms with Crippen LogP contribution in [0.1, 0.15) is 19.4 Å². The summed E-state index contributed by atoms with van der Waals surface area (Å²) in [7, 11) is 1.84. The second kappa shape index (κ2) is 7.25. The van der Waals surface area contributed by atoms with Gasteiger partial charge >= 0.3 is 0 Å². The fourth-order valence-corrected chi connectivity index (χ4v) is 1.58. The van der Waals surface area contributed by atoms with Gasteiger partial charge in [0.1, 0.15) is 18.5 Å². The molecule has 0 radical (unpaired) electrons. The molecule has 1 rings (SSSR count). The van der Waals surface area contributed by atoms with E-state index in [-0.39, 0.29) is 18.8 Å². The molecule has 0 aromatic heterocycles. The van der Waals surface area contributed by atoms with Crippen molar-refractivity contribution < 1.29 is 14.9 Å². The van der Waals surface area contributed by atoms with Crippen molar-refractivity contribution in [3.05, 3.63) is 29.8 Å². The first kappa shape index (κ1) is 16.4. The van der Waals surface area contributed by atoms with Crippen molar-refractivity contribution in [1.82, 2.24) is 4.90 Å². The Morgan fingerprint density at radius 3 is 2.75 bits per heavy atom. The van der Waals surface area contributed by atoms with Crippen molar-refractivity contribution in [2.24, 2.45) is 0 Å². The molecule has 5 heteroatoms. The third-order valence-corrected chi connectivity index (χ3v) is 3.31. The maximum atomic E-state index is 9.95. The predicted octanol–water partition coefficient (Wildman–Crippen LogP) is 1.00. The number of aliphatic hydroxyl groups excluding tert-OH is 2. The first-order valence-electron chi connectivity index (χ1n) is 6.52. The molecule has 20 heavy (non-hydrogen) atoms. The van der Waals surface area contributed by atoms with Crippen LogP contribution in [0.2, 0.25) is 0 Å². The highest BCUT2D eigenvalue weighted by molar-refractivity contribution is 5.36. The summed E-state index contributed by atoms with van der Waals surface area (Å²) < 4.78 is 5.47. The summed E-state index contributed by atoms with van der Waals surface area (Å²) in [5.74, 6) is 0.562. The van der Waals surface area contributed by atoms with Crippen molar-refractivity contribution in [2.45, 2.75) is 25.5 Å². The number of rotatable bonds is 7. The Kier molecular flexibility index (Phi) is 5.96. The minimum Gasteiger partial charge on any atom is -0.491 e. The molecule has 1 aromatic rings. The van der Waals surface area contributed by atoms with Crippen LogP contribution in [0.4, 0.5) is 0 Å². The van der Waals surface area contributed by atoms with E-state index in [1.807, 2.05) is 31.9 Å². The van der Waals surface area contributed by atoms with Gasteiger partial charge < -0.3 is 14.9 Å². The van der Waals surface area contributed by atoms with Gasteiger partial charge in [-0.05, 0) is 39.1 Å². The zero-order valence-corrected chi connectivity index (χ0v) is 12.2. The average Bonchev–Trinajstić information content (AvgIpc) is 2.45. The lowest BCUT2D eigenvalue weighted by molar-refractivity contribution is 0.0193. The van der Waals surface area contributed by atoms with Crippen LogP contribution in [0, 0.1) is 11.3 Å². The SMILES string of the molecule is CN(CC(O)COc1cccc(C#N)c1)C(C)(C)CO. The first-order valence-corrected chi connectivity index (χ1v) is 6.52. The molecule has 0 spiro atoms. The number of β-amino-alcohol motifs (C(OH)–C–C–N with tert-alkyl or cyclic N) is 1. The second-order valence-corrected chi connectivity index (χ2v) is 5.46. The molecule has 0 fully saturated rings. The molecule has 0 aliphatic carbocycles. The molecule has 1 unspecified atom stereocenters. The van der Waals surface area contributed by atoms with E-state index < -0.39 is 6.10 Å². The van der Waals surface area contributed by atoms with Gasteiger partial charge in [0.2, 0.25) is 0 Å². The van der Waals surface area contributed by atoms with E-state index in [2.05, 4.69) is 0 Å². The summed E-state index contributed by atoms with van der Waals surface area (Å²) in [5, 5.41) is 28.0. The highest BCUT2D eigenvalue weighted by Gasteiger charge is 2.24. The Morgan fingerprint density at radius 1 is 1.45 bits per heavy atom. The number of hydrogen-bond acceptors (Lipinski definition) is 5. The molecule has 0 saturated carbocycles. The molecular weight excluding hydrogens is 256 g/mol. The molecule has 0 saturated heterocycles. The van der Waals surface area contributed by atoms with Gasteiger partial charge in [-0.25, -0.2) is 0 Å². The van der Waals surface area contributed by atoms with E-state index >= 15 is 0 Å². The van der Waals surface area contributed by atoms with Gasteiger partial charge in [-0.15, -0.1) is 0 Å². The van der Waals surface area contributed by atoms with Crippen LogP contribution in [0.25, 0.3) is 0 Å². The quantitative estimate of drug-likeness (QED) is 0.778. The summed E-state index contributed by atoms with van der Waals surface area (Å²) in [4.78, 5) is 1.88. The minimum atomic E-state index is -0.670. The van der Waals surface area contributed by atoms with Crippen LogP contribution in [0.3, 0.4) is 0 Å². The Bertz CT molecular complexity index is 468. The van der Waals surface area contributed by atoms with Crippen LogP contribution < -0.4 is 4.74 Å². The summed E-state index contributed by atoms with van der Waals surface area (Å²) in [6.07, 6.45) is -0.670. The molecule has 1 atom stereocenters. The third kappa shape index (κ3) is 4.82. The number of aliphatic hydroxyl groups is 2. The highest BCUT2D eigenvalue weighted by Crippen LogP contribution is 2.14. The molecule has 0 aliphatic rings. The predicted molar refractivity (Wildman–Crippen MR) is 76.5 cm³/mol. The number of likely N-dealkylation sites (N-methyl/N-ethyl adjacent to an activating group) is 1. The van der Waals surface area contributed by atoms with E-state index in [0.29, 0.717) is 17.9 Å². The van der Waals surface area contributed by atoms with Crippen LogP contribution in [0.15, 0.2) is 24.3 Å². The molecule has 110 valence electrons. The van der Waals surface area contributed by atoms with E-state index in [1.54, 1.807) is 24.3 Å². The smallest absolute Gasteiger partial charge is 0.120 e. The zero-order valence-electron chi connectivity index (χ0n) is 12.2. The average molecular weight is 278 g/mol. The van der Waals surface area contributed by atoms with E-state index in [9.17, 15) is 10.2 Å². The largest absolute Gasteiger partial charge is 0.491 e. The van der Waals surface area contributed by atoms with Gasteiger partial charge in [0.15, 0.2) is 0 Å². The van der Waals surface area contributed by atoms with Crippen molar-refractivity contribution in [3.63, 3.8) is 0 Å². The Labute approximate surface area is 120 Å². The lowest BCUT2D eigenvalue weighted by Crippen LogP contribution is -2.48. The summed E-state index contributed by atoms with van der Waals surface area (Å²) in [6, 6.07) is 8.85. The number of ether oxygens (including phenoxy) is 1. The van der Waals surface area contributed by atoms with Crippen molar-refractivity contribution in [2.75, 3.05) is 26.8 Å². The van der Waals surface area contributed by atoms with E-state index in [4.69, 9.17) is 10.00 Å². The van der Waals surface area contributed by atoms with Gasteiger partial charge in [0, 0.05) is 12.1 Å². The molecule has 0 aliphatic heterocycles. The molecule has 0 amide bonds. The maximum absolute atomic E-state index is 9.95. The lowest BCUT2D eigenvalue weighted by Gasteiger charge is -2.35. The van der Waals surface area contributed by atoms with E-state index in [0.717, 1.165) is 0 Å². The fraction of sp³-hybridized carbons (Fsp3) is 0.533. The van der Waals surface area contributed by atoms with E-state index in [1.165, 1.54) is 0 Å². The molecule has 0 bridgehead atoms. The topological polar surface area (TPSA) is 76.7 Å². The third-order valence-electron chi connectivity index (χ3n) is 3.31. The maximum Gasteiger partial charge on any atom is 0.120 e. The van der Waals surface area contributed by atoms with Gasteiger partial charge in [-0.1, -0.05) is 6.07 Å². The summed E-state index contributed by atoms with van der Waals surface area (Å²) in [6.45, 7) is 4.35. The Hall–Kier alpha value is -1.61. The van der Waals surface area contributed by atoms with Gasteiger partial charge in [-0.2, -0.15) is 5.26 Å². The van der Waals surface area contributed by atoms with Gasteiger partial charge in [0.25, 0.3) is 0 Å². The van der Waals surface area contributed by atoms with Crippen molar-refractivity contribution >= 4 is 0 Å². The number of hydrogen-bond donors (Lipinski definition) is 2. The normalized spacial score (nSPS) is 13.1. The summed E-state index contributed by atoms with van der Waals surface area (Å²) in [5.41, 5.74) is 0.136. The Balaban J connectivity index is 2.47.